The second kappa shape index (κ2) is 13.2. The predicted octanol–water partition coefficient (Wildman–Crippen LogP) is 5.13. The van der Waals surface area contributed by atoms with E-state index >= 15 is 0 Å². The fraction of sp³-hybridized carbons (Fsp3) is 0.545. The number of hydrogen-bond acceptors (Lipinski definition) is 9. The molecule has 2 aliphatic rings. The number of hydrogen-bond donors (Lipinski definition) is 1. The van der Waals surface area contributed by atoms with Crippen LogP contribution >= 0.6 is 0 Å². The number of ether oxygens (including phenoxy) is 2. The molecule has 2 heterocycles. The minimum atomic E-state index is -1.05. The number of rotatable bonds is 11. The highest BCUT2D eigenvalue weighted by Crippen LogP contribution is 2.37. The molecule has 10 nitrogen and oxygen atoms in total. The largest absolute Gasteiger partial charge is 0.497 e. The minimum Gasteiger partial charge on any atom is -0.497 e. The lowest BCUT2D eigenvalue weighted by molar-refractivity contribution is -0.131. The normalized spacial score (nSPS) is 19.8. The SMILES string of the molecule is C=CCC(C)C(=O)C(C(=O)c1nc(C)c(C)nc1NCc1ccc(OC)cc1)N1CCN(C(=O)OC(C)(C)C)[C@H]2CC[C@@H]21. The summed E-state index contributed by atoms with van der Waals surface area (Å²) < 4.78 is 10.9. The highest BCUT2D eigenvalue weighted by atomic mass is 16.6. The number of aromatic nitrogens is 2. The molecule has 4 rings (SSSR count). The molecule has 2 unspecified atom stereocenters. The third-order valence-electron chi connectivity index (χ3n) is 8.27. The second-order valence-electron chi connectivity index (χ2n) is 12.5. The molecule has 0 spiro atoms. The van der Waals surface area contributed by atoms with Gasteiger partial charge in [0.1, 0.15) is 17.4 Å². The van der Waals surface area contributed by atoms with Crippen LogP contribution in [0.5, 0.6) is 5.75 Å². The summed E-state index contributed by atoms with van der Waals surface area (Å²) >= 11 is 0. The average Bonchev–Trinajstić information content (AvgIpc) is 2.93. The summed E-state index contributed by atoms with van der Waals surface area (Å²) in [6.45, 7) is 16.0. The van der Waals surface area contributed by atoms with Gasteiger partial charge in [0.2, 0.25) is 5.78 Å². The molecule has 1 aliphatic heterocycles. The van der Waals surface area contributed by atoms with E-state index in [0.29, 0.717) is 43.3 Å². The summed E-state index contributed by atoms with van der Waals surface area (Å²) in [6.07, 6.45) is 3.36. The smallest absolute Gasteiger partial charge is 0.410 e. The molecule has 1 amide bonds. The van der Waals surface area contributed by atoms with Gasteiger partial charge in [-0.2, -0.15) is 0 Å². The van der Waals surface area contributed by atoms with E-state index in [0.717, 1.165) is 24.2 Å². The van der Waals surface area contributed by atoms with Crippen molar-refractivity contribution in [2.75, 3.05) is 25.5 Å². The number of nitrogens with zero attached hydrogens (tertiary/aromatic N) is 4. The van der Waals surface area contributed by atoms with Crippen molar-refractivity contribution in [2.45, 2.75) is 91.1 Å². The van der Waals surface area contributed by atoms with Gasteiger partial charge in [0.15, 0.2) is 17.3 Å². The Kier molecular flexibility index (Phi) is 9.89. The molecule has 1 saturated carbocycles. The number of benzene rings is 1. The maximum absolute atomic E-state index is 14.5. The van der Waals surface area contributed by atoms with Crippen LogP contribution in [0, 0.1) is 19.8 Å². The number of amides is 1. The lowest BCUT2D eigenvalue weighted by atomic mass is 9.79. The summed E-state index contributed by atoms with van der Waals surface area (Å²) in [4.78, 5) is 54.7. The second-order valence-corrected chi connectivity index (χ2v) is 12.5. The molecule has 1 aromatic heterocycles. The third-order valence-corrected chi connectivity index (χ3v) is 8.27. The van der Waals surface area contributed by atoms with Gasteiger partial charge in [0.25, 0.3) is 0 Å². The Balaban J connectivity index is 1.65. The highest BCUT2D eigenvalue weighted by molar-refractivity contribution is 6.15. The number of ketones is 2. The molecular weight excluding hydrogens is 546 g/mol. The lowest BCUT2D eigenvalue weighted by Gasteiger charge is -2.55. The van der Waals surface area contributed by atoms with Gasteiger partial charge in [-0.05, 0) is 71.6 Å². The van der Waals surface area contributed by atoms with Crippen molar-refractivity contribution < 1.29 is 23.9 Å². The number of methoxy groups -OCH3 is 1. The Bertz CT molecular complexity index is 1350. The van der Waals surface area contributed by atoms with Crippen molar-refractivity contribution in [3.8, 4) is 5.75 Å². The summed E-state index contributed by atoms with van der Waals surface area (Å²) in [5, 5.41) is 3.29. The number of carbonyl (C=O) groups is 3. The molecular formula is C33H45N5O5. The maximum atomic E-state index is 14.5. The first-order valence-electron chi connectivity index (χ1n) is 15.0. The molecule has 0 bridgehead atoms. The molecule has 232 valence electrons. The lowest BCUT2D eigenvalue weighted by Crippen LogP contribution is -2.70. The molecule has 2 fully saturated rings. The number of nitrogens with one attached hydrogen (secondary N) is 1. The molecule has 43 heavy (non-hydrogen) atoms. The van der Waals surface area contributed by atoms with E-state index in [1.165, 1.54) is 0 Å². The number of carbonyl (C=O) groups excluding carboxylic acids is 3. The minimum absolute atomic E-state index is 0.125. The fourth-order valence-electron chi connectivity index (χ4n) is 5.67. The first-order chi connectivity index (χ1) is 20.3. The van der Waals surface area contributed by atoms with Crippen molar-refractivity contribution in [1.29, 1.82) is 0 Å². The van der Waals surface area contributed by atoms with Gasteiger partial charge in [0, 0.05) is 31.6 Å². The van der Waals surface area contributed by atoms with Gasteiger partial charge in [-0.1, -0.05) is 25.1 Å². The number of piperazine rings is 1. The molecule has 10 heteroatoms. The number of allylic oxidation sites excluding steroid dienone is 1. The molecule has 4 atom stereocenters. The van der Waals surface area contributed by atoms with Gasteiger partial charge < -0.3 is 19.7 Å². The van der Waals surface area contributed by atoms with Crippen LogP contribution in [0.15, 0.2) is 36.9 Å². The summed E-state index contributed by atoms with van der Waals surface area (Å²) in [5.74, 6) is 0.119. The predicted molar refractivity (Wildman–Crippen MR) is 165 cm³/mol. The van der Waals surface area contributed by atoms with Crippen molar-refractivity contribution in [2.24, 2.45) is 5.92 Å². The molecule has 2 aromatic rings. The van der Waals surface area contributed by atoms with Crippen LogP contribution in [0.25, 0.3) is 0 Å². The first-order valence-corrected chi connectivity index (χ1v) is 15.0. The average molecular weight is 592 g/mol. The monoisotopic (exact) mass is 591 g/mol. The Morgan fingerprint density at radius 3 is 2.30 bits per heavy atom. The first kappa shape index (κ1) is 32.1. The van der Waals surface area contributed by atoms with Gasteiger partial charge in [-0.15, -0.1) is 6.58 Å². The zero-order chi connectivity index (χ0) is 31.5. The van der Waals surface area contributed by atoms with E-state index in [9.17, 15) is 14.4 Å². The van der Waals surface area contributed by atoms with Crippen LogP contribution in [0.4, 0.5) is 10.6 Å². The molecule has 1 saturated heterocycles. The Morgan fingerprint density at radius 2 is 1.72 bits per heavy atom. The van der Waals surface area contributed by atoms with E-state index < -0.39 is 17.6 Å². The van der Waals surface area contributed by atoms with E-state index in [1.807, 2.05) is 70.7 Å². The molecule has 1 aromatic carbocycles. The Hall–Kier alpha value is -3.79. The van der Waals surface area contributed by atoms with Crippen LogP contribution in [0.3, 0.4) is 0 Å². The molecule has 0 radical (unpaired) electrons. The number of fused-ring (bicyclic) bond motifs is 1. The topological polar surface area (TPSA) is 114 Å². The highest BCUT2D eigenvalue weighted by Gasteiger charge is 2.51. The van der Waals surface area contributed by atoms with Crippen LogP contribution in [0.1, 0.15) is 74.4 Å². The van der Waals surface area contributed by atoms with Crippen molar-refractivity contribution >= 4 is 23.5 Å². The summed E-state index contributed by atoms with van der Waals surface area (Å²) in [6, 6.07) is 6.30. The van der Waals surface area contributed by atoms with E-state index in [2.05, 4.69) is 16.9 Å². The zero-order valence-electron chi connectivity index (χ0n) is 26.5. The summed E-state index contributed by atoms with van der Waals surface area (Å²) in [7, 11) is 1.62. The zero-order valence-corrected chi connectivity index (χ0v) is 26.5. The number of Topliss-reactive ketones (excluding diaryl/α,β-unsaturated/α-hetero) is 2. The number of aryl methyl sites for hydroxylation is 2. The standard InChI is InChI=1S/C33H45N5O5/c1-9-10-20(2)29(39)28(37-17-18-38(26-16-15-25(26)37)32(41)43-33(5,6)7)30(40)27-31(36-22(4)21(3)35-27)34-19-23-11-13-24(42-8)14-12-23/h9,11-14,20,25-26,28H,1,10,15-19H2,2-8H3,(H,34,36)/t20?,25-,26-,28?/m0/s1. The Labute approximate surface area is 254 Å². The van der Waals surface area contributed by atoms with E-state index in [-0.39, 0.29) is 35.4 Å². The van der Waals surface area contributed by atoms with Gasteiger partial charge >= 0.3 is 6.09 Å². The van der Waals surface area contributed by atoms with E-state index in [1.54, 1.807) is 18.1 Å². The molecule has 1 aliphatic carbocycles. The Morgan fingerprint density at radius 1 is 1.07 bits per heavy atom. The van der Waals surface area contributed by atoms with Crippen LogP contribution < -0.4 is 10.1 Å². The van der Waals surface area contributed by atoms with Crippen LogP contribution in [-0.4, -0.2) is 81.4 Å². The fourth-order valence-corrected chi connectivity index (χ4v) is 5.67. The molecule has 1 N–H and O–H groups in total. The van der Waals surface area contributed by atoms with Crippen LogP contribution in [0.2, 0.25) is 0 Å². The van der Waals surface area contributed by atoms with Gasteiger partial charge in [0.05, 0.1) is 24.5 Å². The third kappa shape index (κ3) is 7.24. The quantitative estimate of drug-likeness (QED) is 0.216. The van der Waals surface area contributed by atoms with Gasteiger partial charge in [-0.25, -0.2) is 14.8 Å². The number of anilines is 1. The van der Waals surface area contributed by atoms with Crippen molar-refractivity contribution in [1.82, 2.24) is 19.8 Å². The van der Waals surface area contributed by atoms with Crippen LogP contribution in [-0.2, 0) is 16.1 Å². The van der Waals surface area contributed by atoms with Crippen molar-refractivity contribution in [3.05, 3.63) is 59.6 Å². The van der Waals surface area contributed by atoms with Gasteiger partial charge in [-0.3, -0.25) is 14.5 Å². The maximum Gasteiger partial charge on any atom is 0.410 e. The summed E-state index contributed by atoms with van der Waals surface area (Å²) in [5.41, 5.74) is 1.83. The van der Waals surface area contributed by atoms with E-state index in [4.69, 9.17) is 14.5 Å². The van der Waals surface area contributed by atoms with Crippen molar-refractivity contribution in [3.63, 3.8) is 0 Å².